The van der Waals surface area contributed by atoms with E-state index in [0.717, 1.165) is 41.2 Å². The maximum atomic E-state index is 14.2. The molecule has 0 unspecified atom stereocenters. The summed E-state index contributed by atoms with van der Waals surface area (Å²) in [6.45, 7) is 3.99. The van der Waals surface area contributed by atoms with Gasteiger partial charge in [-0.25, -0.2) is 4.39 Å². The maximum absolute atomic E-state index is 14.2. The van der Waals surface area contributed by atoms with Crippen LogP contribution in [0.4, 0.5) is 27.5 Å². The largest absolute Gasteiger partial charge is 0.378 e. The molecule has 1 aromatic carbocycles. The number of hydrazine groups is 1. The Bertz CT molecular complexity index is 1180. The molecule has 5 rings (SSSR count). The van der Waals surface area contributed by atoms with E-state index in [1.165, 1.54) is 5.43 Å². The van der Waals surface area contributed by atoms with Crippen molar-refractivity contribution in [3.63, 3.8) is 0 Å². The van der Waals surface area contributed by atoms with Crippen molar-refractivity contribution < 1.29 is 14.6 Å². The molecule has 2 saturated heterocycles. The number of morpholine rings is 1. The van der Waals surface area contributed by atoms with Gasteiger partial charge in [-0.1, -0.05) is 22.8 Å². The molecule has 182 valence electrons. The summed E-state index contributed by atoms with van der Waals surface area (Å²) in [6, 6.07) is 9.74. The van der Waals surface area contributed by atoms with Crippen molar-refractivity contribution in [1.82, 2.24) is 25.8 Å². The Balaban J connectivity index is 1.18. The lowest BCUT2D eigenvalue weighted by atomic mass is 10.00. The third-order valence-corrected chi connectivity index (χ3v) is 6.12. The van der Waals surface area contributed by atoms with Crippen molar-refractivity contribution in [3.8, 4) is 0 Å². The number of hydrogen-bond acceptors (Lipinski definition) is 9. The third-order valence-electron chi connectivity index (χ3n) is 5.79. The highest BCUT2D eigenvalue weighted by molar-refractivity contribution is 6.31. The van der Waals surface area contributed by atoms with Gasteiger partial charge in [0.25, 0.3) is 0 Å². The number of nitrogens with zero attached hydrogens (tertiary/aromatic N) is 5. The zero-order valence-corrected chi connectivity index (χ0v) is 19.7. The fourth-order valence-electron chi connectivity index (χ4n) is 3.95. The number of quaternary nitrogens is 1. The number of aromatic nitrogens is 3. The minimum absolute atomic E-state index is 0.267. The minimum atomic E-state index is -0.457. The van der Waals surface area contributed by atoms with Gasteiger partial charge in [0.05, 0.1) is 37.0 Å². The third kappa shape index (κ3) is 5.89. The normalized spacial score (nSPS) is 16.8. The predicted molar refractivity (Wildman–Crippen MR) is 132 cm³/mol. The molecular formula is C23H26ClFN9O+. The van der Waals surface area contributed by atoms with Crippen LogP contribution in [0.25, 0.3) is 0 Å². The summed E-state index contributed by atoms with van der Waals surface area (Å²) >= 11 is 6.50. The highest BCUT2D eigenvalue weighted by Crippen LogP contribution is 2.29. The van der Waals surface area contributed by atoms with Crippen molar-refractivity contribution >= 4 is 41.0 Å². The molecule has 0 bridgehead atoms. The number of halogens is 2. The summed E-state index contributed by atoms with van der Waals surface area (Å²) in [4.78, 5) is 14.6. The Morgan fingerprint density at radius 3 is 2.66 bits per heavy atom. The fraction of sp³-hybridized carbons (Fsp3) is 0.304. The number of ether oxygens (including phenoxy) is 1. The second-order valence-electron chi connectivity index (χ2n) is 8.20. The first-order valence-electron chi connectivity index (χ1n) is 11.4. The van der Waals surface area contributed by atoms with Gasteiger partial charge in [-0.3, -0.25) is 15.8 Å². The smallest absolute Gasteiger partial charge is 0.354 e. The number of hydrogen-bond donors (Lipinski definition) is 4. The van der Waals surface area contributed by atoms with Crippen LogP contribution in [0, 0.1) is 5.82 Å². The van der Waals surface area contributed by atoms with E-state index in [4.69, 9.17) is 16.3 Å². The summed E-state index contributed by atoms with van der Waals surface area (Å²) < 4.78 is 19.5. The van der Waals surface area contributed by atoms with Gasteiger partial charge in [0.1, 0.15) is 6.21 Å². The summed E-state index contributed by atoms with van der Waals surface area (Å²) in [5, 5.41) is 8.30. The van der Waals surface area contributed by atoms with Crippen LogP contribution in [0.1, 0.15) is 17.2 Å². The van der Waals surface area contributed by atoms with E-state index >= 15 is 0 Å². The van der Waals surface area contributed by atoms with Gasteiger partial charge in [0, 0.05) is 42.8 Å². The van der Waals surface area contributed by atoms with E-state index in [9.17, 15) is 4.39 Å². The van der Waals surface area contributed by atoms with Gasteiger partial charge in [-0.2, -0.15) is 15.4 Å². The molecule has 3 aromatic rings. The van der Waals surface area contributed by atoms with Gasteiger partial charge >= 0.3 is 5.95 Å². The van der Waals surface area contributed by atoms with Crippen molar-refractivity contribution in [2.75, 3.05) is 49.6 Å². The molecule has 10 nitrogen and oxygen atoms in total. The number of benzene rings is 1. The van der Waals surface area contributed by atoms with E-state index in [-0.39, 0.29) is 5.82 Å². The van der Waals surface area contributed by atoms with Gasteiger partial charge < -0.3 is 15.0 Å². The first-order valence-corrected chi connectivity index (χ1v) is 11.7. The molecule has 35 heavy (non-hydrogen) atoms. The first-order chi connectivity index (χ1) is 17.2. The highest BCUT2D eigenvalue weighted by Gasteiger charge is 2.20. The molecule has 0 aliphatic carbocycles. The average molecular weight is 499 g/mol. The number of rotatable bonds is 7. The van der Waals surface area contributed by atoms with E-state index in [2.05, 4.69) is 42.3 Å². The van der Waals surface area contributed by atoms with Crippen LogP contribution in [0.2, 0.25) is 5.02 Å². The molecule has 0 spiro atoms. The standard InChI is InChI=1S/C23H25ClFN9O/c24-20-9-16(3-4-19(20)15-10-28-29-11-15)31-18-2-1-17(26-12-18)13-30-33-23-27-14-21(25)22(32-23)34-5-7-35-8-6-34/h1-4,9,12-15,28-29,31H,5-8,10-11H2,(H,27,32,33)/p+1/b30-13+. The molecule has 5 N–H and O–H groups in total. The van der Waals surface area contributed by atoms with Gasteiger partial charge in [-0.15, -0.1) is 0 Å². The Morgan fingerprint density at radius 2 is 1.91 bits per heavy atom. The summed E-state index contributed by atoms with van der Waals surface area (Å²) in [5.41, 5.74) is 11.2. The highest BCUT2D eigenvalue weighted by atomic mass is 35.5. The van der Waals surface area contributed by atoms with Gasteiger partial charge in [0.2, 0.25) is 0 Å². The summed E-state index contributed by atoms with van der Waals surface area (Å²) in [6.07, 6.45) is 4.48. The van der Waals surface area contributed by atoms with E-state index in [0.29, 0.717) is 43.9 Å². The maximum Gasteiger partial charge on any atom is 0.354 e. The zero-order chi connectivity index (χ0) is 24.0. The van der Waals surface area contributed by atoms with Crippen molar-refractivity contribution in [1.29, 1.82) is 0 Å². The monoisotopic (exact) mass is 498 g/mol. The van der Waals surface area contributed by atoms with Gasteiger partial charge in [0.15, 0.2) is 11.6 Å². The summed E-state index contributed by atoms with van der Waals surface area (Å²) in [5.74, 6) is 0.496. The second-order valence-corrected chi connectivity index (χ2v) is 8.61. The van der Waals surface area contributed by atoms with Crippen molar-refractivity contribution in [3.05, 3.63) is 64.8 Å². The SMILES string of the molecule is Fc1cnc([NH2+]/N=C/c2ccc(Nc3ccc(C4CNNC4)c(Cl)c3)cn2)nc1N1CCOCC1. The molecule has 2 aliphatic rings. The Morgan fingerprint density at radius 1 is 1.11 bits per heavy atom. The molecule has 0 radical (unpaired) electrons. The Hall–Kier alpha value is -3.22. The fourth-order valence-corrected chi connectivity index (χ4v) is 4.29. The molecule has 2 fully saturated rings. The molecule has 0 saturated carbocycles. The van der Waals surface area contributed by atoms with Crippen LogP contribution in [0.5, 0.6) is 0 Å². The topological polar surface area (TPSA) is 116 Å². The molecule has 2 aromatic heterocycles. The molecule has 4 heterocycles. The number of nitrogens with two attached hydrogens (primary N) is 1. The Kier molecular flexibility index (Phi) is 7.40. The average Bonchev–Trinajstić information content (AvgIpc) is 3.41. The molecule has 12 heteroatoms. The van der Waals surface area contributed by atoms with E-state index in [1.54, 1.807) is 12.4 Å². The van der Waals surface area contributed by atoms with Crippen LogP contribution in [-0.2, 0) is 4.74 Å². The first kappa shape index (κ1) is 23.5. The van der Waals surface area contributed by atoms with Gasteiger partial charge in [-0.05, 0) is 29.8 Å². The lowest BCUT2D eigenvalue weighted by Gasteiger charge is -2.27. The van der Waals surface area contributed by atoms with Crippen LogP contribution in [0.3, 0.4) is 0 Å². The number of anilines is 3. The molecule has 0 atom stereocenters. The van der Waals surface area contributed by atoms with Crippen LogP contribution in [-0.4, -0.2) is 60.6 Å². The number of pyridine rings is 1. The minimum Gasteiger partial charge on any atom is -0.378 e. The van der Waals surface area contributed by atoms with Crippen LogP contribution in [0.15, 0.2) is 47.8 Å². The quantitative estimate of drug-likeness (QED) is 0.221. The second kappa shape index (κ2) is 11.0. The zero-order valence-electron chi connectivity index (χ0n) is 18.9. The molecule has 0 amide bonds. The predicted octanol–water partition coefficient (Wildman–Crippen LogP) is 1.66. The Labute approximate surface area is 206 Å². The lowest BCUT2D eigenvalue weighted by Crippen LogP contribution is -2.72. The van der Waals surface area contributed by atoms with Crippen LogP contribution >= 0.6 is 11.6 Å². The lowest BCUT2D eigenvalue weighted by molar-refractivity contribution is -0.584. The van der Waals surface area contributed by atoms with Crippen LogP contribution < -0.4 is 26.5 Å². The number of nitrogens with one attached hydrogen (secondary N) is 3. The van der Waals surface area contributed by atoms with E-state index < -0.39 is 5.82 Å². The molecule has 2 aliphatic heterocycles. The molecular weight excluding hydrogens is 473 g/mol. The van der Waals surface area contributed by atoms with Crippen molar-refractivity contribution in [2.45, 2.75) is 5.92 Å². The summed E-state index contributed by atoms with van der Waals surface area (Å²) in [7, 11) is 0. The van der Waals surface area contributed by atoms with Crippen molar-refractivity contribution in [2.24, 2.45) is 5.10 Å². The van der Waals surface area contributed by atoms with E-state index in [1.807, 2.05) is 29.2 Å².